The Morgan fingerprint density at radius 1 is 0.750 bits per heavy atom. The second kappa shape index (κ2) is 17.6. The zero-order valence-corrected chi connectivity index (χ0v) is 27.7. The number of fused-ring (bicyclic) bond motifs is 2. The maximum Gasteiger partial charge on any atom is 2.00 e. The number of benzene rings is 4. The SMILES string of the molecule is O=C1C=CCOc2ccc(Br)cc21.O=C1CC(c2ccccc2)COc2ccc(Br)cc21.[Br-].[Mg+2].[c-]1ccccc1. The second-order valence-electron chi connectivity index (χ2n) is 8.48. The Bertz CT molecular complexity index is 1390. The molecule has 8 heteroatoms. The molecule has 0 spiro atoms. The number of carbonyl (C=O) groups is 2. The molecule has 0 aromatic heterocycles. The normalized spacial score (nSPS) is 14.7. The van der Waals surface area contributed by atoms with E-state index in [2.05, 4.69) is 37.9 Å². The number of hydrogen-bond donors (Lipinski definition) is 0. The van der Waals surface area contributed by atoms with Gasteiger partial charge in [0.05, 0.1) is 17.7 Å². The maximum atomic E-state index is 12.3. The van der Waals surface area contributed by atoms with Crippen molar-refractivity contribution in [2.45, 2.75) is 12.3 Å². The molecule has 0 N–H and O–H groups in total. The third kappa shape index (κ3) is 9.99. The van der Waals surface area contributed by atoms with Gasteiger partial charge in [0.1, 0.15) is 18.1 Å². The van der Waals surface area contributed by atoms with Gasteiger partial charge in [-0.1, -0.05) is 62.2 Å². The molecule has 0 aliphatic carbocycles. The van der Waals surface area contributed by atoms with E-state index >= 15 is 0 Å². The van der Waals surface area contributed by atoms with Crippen LogP contribution < -0.4 is 26.5 Å². The smallest absolute Gasteiger partial charge is 1.00 e. The fraction of sp³-hybridized carbons (Fsp3) is 0.125. The summed E-state index contributed by atoms with van der Waals surface area (Å²) in [7, 11) is 0. The molecule has 0 amide bonds. The van der Waals surface area contributed by atoms with Crippen molar-refractivity contribution in [1.82, 2.24) is 0 Å². The van der Waals surface area contributed by atoms with Crippen LogP contribution in [0.15, 0.2) is 118 Å². The minimum atomic E-state index is -0.00574. The van der Waals surface area contributed by atoms with Gasteiger partial charge in [-0.2, -0.15) is 36.4 Å². The monoisotopic (exact) mass is 734 g/mol. The average molecular weight is 738 g/mol. The van der Waals surface area contributed by atoms with E-state index in [0.717, 1.165) is 14.5 Å². The number of allylic oxidation sites excluding steroid dienone is 1. The minimum absolute atomic E-state index is 0. The topological polar surface area (TPSA) is 52.6 Å². The van der Waals surface area contributed by atoms with Gasteiger partial charge in [-0.25, -0.2) is 0 Å². The van der Waals surface area contributed by atoms with Crippen LogP contribution in [0.1, 0.15) is 38.6 Å². The van der Waals surface area contributed by atoms with E-state index in [4.69, 9.17) is 9.47 Å². The summed E-state index contributed by atoms with van der Waals surface area (Å²) in [5.41, 5.74) is 2.44. The molecular formula is C32H25Br3MgO4. The third-order valence-electron chi connectivity index (χ3n) is 5.80. The zero-order valence-electron chi connectivity index (χ0n) is 21.6. The van der Waals surface area contributed by atoms with E-state index in [1.807, 2.05) is 84.9 Å². The van der Waals surface area contributed by atoms with E-state index in [1.165, 1.54) is 6.08 Å². The summed E-state index contributed by atoms with van der Waals surface area (Å²) in [6.45, 7) is 1.00. The molecule has 200 valence electrons. The standard InChI is InChI=1S/C16H13BrO2.C10H7BrO2.C6H5.BrH.Mg/c17-13-6-7-16-14(9-13)15(18)8-12(10-19-16)11-4-2-1-3-5-11;11-7-3-4-10-8(6-7)9(12)2-1-5-13-10;1-2-4-6-5-3-1;;/h1-7,9,12H,8,10H2;1-4,6H,5H2;1-5H;1H;/q;;-1;;+2/p-1. The van der Waals surface area contributed by atoms with Crippen molar-refractivity contribution in [2.75, 3.05) is 13.2 Å². The molecule has 1 unspecified atom stereocenters. The van der Waals surface area contributed by atoms with Gasteiger partial charge in [-0.05, 0) is 54.1 Å². The first-order valence-electron chi connectivity index (χ1n) is 12.1. The number of hydrogen-bond acceptors (Lipinski definition) is 4. The first-order valence-corrected chi connectivity index (χ1v) is 13.6. The van der Waals surface area contributed by atoms with Crippen molar-refractivity contribution in [3.05, 3.63) is 141 Å². The van der Waals surface area contributed by atoms with Gasteiger partial charge in [0, 0.05) is 21.3 Å². The van der Waals surface area contributed by atoms with E-state index < -0.39 is 0 Å². The first-order chi connectivity index (χ1) is 18.5. The van der Waals surface area contributed by atoms with E-state index in [9.17, 15) is 9.59 Å². The molecule has 4 aromatic rings. The van der Waals surface area contributed by atoms with Crippen molar-refractivity contribution >= 4 is 66.5 Å². The predicted octanol–water partition coefficient (Wildman–Crippen LogP) is 4.89. The van der Waals surface area contributed by atoms with Crippen LogP contribution in [-0.4, -0.2) is 47.8 Å². The number of Topliss-reactive ketones (excluding diaryl/α,β-unsaturated/α-hetero) is 1. The fourth-order valence-electron chi connectivity index (χ4n) is 3.91. The number of halogens is 3. The second-order valence-corrected chi connectivity index (χ2v) is 10.3. The van der Waals surface area contributed by atoms with Gasteiger partial charge in [-0.15, -0.1) is 0 Å². The van der Waals surface area contributed by atoms with Crippen LogP contribution in [0.25, 0.3) is 0 Å². The molecule has 0 saturated heterocycles. The van der Waals surface area contributed by atoms with E-state index in [-0.39, 0.29) is 57.5 Å². The van der Waals surface area contributed by atoms with Crippen LogP contribution in [0.2, 0.25) is 0 Å². The van der Waals surface area contributed by atoms with Gasteiger partial charge in [-0.3, -0.25) is 9.59 Å². The quantitative estimate of drug-likeness (QED) is 0.207. The van der Waals surface area contributed by atoms with Gasteiger partial charge >= 0.3 is 23.1 Å². The van der Waals surface area contributed by atoms with E-state index in [0.29, 0.717) is 42.3 Å². The predicted molar refractivity (Wildman–Crippen MR) is 162 cm³/mol. The Kier molecular flexibility index (Phi) is 14.9. The molecule has 0 fully saturated rings. The summed E-state index contributed by atoms with van der Waals surface area (Å²) >= 11 is 6.71. The molecule has 0 saturated carbocycles. The zero-order chi connectivity index (χ0) is 26.7. The van der Waals surface area contributed by atoms with E-state index in [1.54, 1.807) is 18.2 Å². The third-order valence-corrected chi connectivity index (χ3v) is 6.79. The summed E-state index contributed by atoms with van der Waals surface area (Å²) in [6, 6.07) is 33.6. The van der Waals surface area contributed by atoms with Gasteiger partial charge in [0.15, 0.2) is 11.6 Å². The van der Waals surface area contributed by atoms with Gasteiger partial charge < -0.3 is 26.5 Å². The molecule has 1 atom stereocenters. The Morgan fingerprint density at radius 3 is 1.95 bits per heavy atom. The van der Waals surface area contributed by atoms with Crippen LogP contribution >= 0.6 is 31.9 Å². The number of ketones is 2. The van der Waals surface area contributed by atoms with Crippen molar-refractivity contribution < 1.29 is 36.0 Å². The van der Waals surface area contributed by atoms with Gasteiger partial charge in [0.2, 0.25) is 0 Å². The van der Waals surface area contributed by atoms with Crippen LogP contribution in [0, 0.1) is 6.07 Å². The van der Waals surface area contributed by atoms with Crippen LogP contribution in [0.3, 0.4) is 0 Å². The fourth-order valence-corrected chi connectivity index (χ4v) is 4.64. The van der Waals surface area contributed by atoms with Crippen molar-refractivity contribution in [3.8, 4) is 11.5 Å². The summed E-state index contributed by atoms with van der Waals surface area (Å²) in [4.78, 5) is 23.8. The Morgan fingerprint density at radius 2 is 1.35 bits per heavy atom. The largest absolute Gasteiger partial charge is 2.00 e. The summed E-state index contributed by atoms with van der Waals surface area (Å²) in [6.07, 6.45) is 3.75. The molecule has 2 aliphatic heterocycles. The molecule has 2 aliphatic rings. The molecule has 4 aromatic carbocycles. The molecule has 6 rings (SSSR count). The van der Waals surface area contributed by atoms with Gasteiger partial charge in [0.25, 0.3) is 0 Å². The molecule has 40 heavy (non-hydrogen) atoms. The Balaban J connectivity index is 0.000000232. The van der Waals surface area contributed by atoms with Crippen molar-refractivity contribution in [3.63, 3.8) is 0 Å². The summed E-state index contributed by atoms with van der Waals surface area (Å²) < 4.78 is 12.9. The molecular weight excluding hydrogens is 712 g/mol. The van der Waals surface area contributed by atoms with Crippen LogP contribution in [0.4, 0.5) is 0 Å². The summed E-state index contributed by atoms with van der Waals surface area (Å²) in [5, 5.41) is 0. The maximum absolute atomic E-state index is 12.3. The number of rotatable bonds is 1. The molecule has 0 bridgehead atoms. The van der Waals surface area contributed by atoms with Crippen molar-refractivity contribution in [1.29, 1.82) is 0 Å². The number of ether oxygens (including phenoxy) is 2. The first kappa shape index (κ1) is 34.0. The minimum Gasteiger partial charge on any atom is -1.00 e. The molecule has 4 nitrogen and oxygen atoms in total. The van der Waals surface area contributed by atoms with Crippen LogP contribution in [-0.2, 0) is 0 Å². The van der Waals surface area contributed by atoms with Crippen molar-refractivity contribution in [2.24, 2.45) is 0 Å². The Hall–Kier alpha value is -2.23. The Labute approximate surface area is 278 Å². The number of carbonyl (C=O) groups excluding carboxylic acids is 2. The summed E-state index contributed by atoms with van der Waals surface area (Å²) in [5.74, 6) is 1.60. The molecule has 0 radical (unpaired) electrons. The average Bonchev–Trinajstić information content (AvgIpc) is 3.24. The van der Waals surface area contributed by atoms with Crippen LogP contribution in [0.5, 0.6) is 11.5 Å². The molecule has 2 heterocycles.